The van der Waals surface area contributed by atoms with Crippen LogP contribution in [-0.4, -0.2) is 24.4 Å². The summed E-state index contributed by atoms with van der Waals surface area (Å²) < 4.78 is 16.1. The second-order valence-electron chi connectivity index (χ2n) is 5.06. The minimum absolute atomic E-state index is 0.216. The fourth-order valence-electron chi connectivity index (χ4n) is 2.15. The van der Waals surface area contributed by atoms with E-state index in [-0.39, 0.29) is 5.89 Å². The quantitative estimate of drug-likeness (QED) is 0.616. The average Bonchev–Trinajstić information content (AvgIpc) is 3.12. The van der Waals surface area contributed by atoms with Crippen molar-refractivity contribution in [3.63, 3.8) is 0 Å². The number of aromatic nitrogens is 2. The Morgan fingerprint density at radius 2 is 1.64 bits per heavy atom. The van der Waals surface area contributed by atoms with Gasteiger partial charge in [0.1, 0.15) is 16.5 Å². The summed E-state index contributed by atoms with van der Waals surface area (Å²) in [6, 6.07) is 12.5. The van der Waals surface area contributed by atoms with E-state index in [1.54, 1.807) is 50.6 Å². The summed E-state index contributed by atoms with van der Waals surface area (Å²) in [5, 5.41) is 8.94. The molecule has 0 atom stereocenters. The summed E-state index contributed by atoms with van der Waals surface area (Å²) in [6.07, 6.45) is 1.70. The third kappa shape index (κ3) is 4.13. The predicted octanol–water partition coefficient (Wildman–Crippen LogP) is 5.14. The van der Waals surface area contributed by atoms with Gasteiger partial charge in [0.05, 0.1) is 14.2 Å². The highest BCUT2D eigenvalue weighted by molar-refractivity contribution is 6.50. The molecule has 7 heteroatoms. The molecule has 0 aliphatic carbocycles. The van der Waals surface area contributed by atoms with Crippen molar-refractivity contribution in [1.29, 1.82) is 0 Å². The molecule has 0 aliphatic rings. The lowest BCUT2D eigenvalue weighted by Gasteiger charge is -2.06. The van der Waals surface area contributed by atoms with Crippen molar-refractivity contribution in [2.75, 3.05) is 14.2 Å². The predicted molar refractivity (Wildman–Crippen MR) is 98.0 cm³/mol. The van der Waals surface area contributed by atoms with E-state index in [2.05, 4.69) is 10.2 Å². The highest BCUT2D eigenvalue weighted by atomic mass is 35.5. The van der Waals surface area contributed by atoms with E-state index in [0.717, 1.165) is 11.1 Å². The molecule has 0 aliphatic heterocycles. The molecule has 0 bridgehead atoms. The smallest absolute Gasteiger partial charge is 0.259 e. The number of benzene rings is 2. The van der Waals surface area contributed by atoms with E-state index >= 15 is 0 Å². The number of ether oxygens (including phenoxy) is 2. The molecule has 128 valence electrons. The van der Waals surface area contributed by atoms with Gasteiger partial charge in [-0.05, 0) is 48.0 Å². The second kappa shape index (κ2) is 7.59. The monoisotopic (exact) mass is 376 g/mol. The summed E-state index contributed by atoms with van der Waals surface area (Å²) in [6.45, 7) is 0. The number of rotatable bonds is 5. The number of hydrogen-bond acceptors (Lipinski definition) is 5. The van der Waals surface area contributed by atoms with E-state index in [9.17, 15) is 0 Å². The molecule has 3 aromatic rings. The van der Waals surface area contributed by atoms with Crippen LogP contribution in [-0.2, 0) is 0 Å². The van der Waals surface area contributed by atoms with Crippen LogP contribution in [0.4, 0.5) is 0 Å². The Bertz CT molecular complexity index is 883. The summed E-state index contributed by atoms with van der Waals surface area (Å²) in [7, 11) is 3.17. The third-order valence-corrected chi connectivity index (χ3v) is 3.91. The van der Waals surface area contributed by atoms with Crippen LogP contribution in [0.25, 0.3) is 22.6 Å². The Kier molecular flexibility index (Phi) is 5.26. The largest absolute Gasteiger partial charge is 0.497 e. The molecule has 0 fully saturated rings. The summed E-state index contributed by atoms with van der Waals surface area (Å²) in [5.41, 5.74) is 1.54. The lowest BCUT2D eigenvalue weighted by atomic mass is 10.2. The van der Waals surface area contributed by atoms with Crippen molar-refractivity contribution in [2.24, 2.45) is 0 Å². The third-order valence-electron chi connectivity index (χ3n) is 3.39. The minimum atomic E-state index is 0.216. The van der Waals surface area contributed by atoms with Crippen molar-refractivity contribution in [3.05, 3.63) is 58.9 Å². The Morgan fingerprint density at radius 1 is 1.00 bits per heavy atom. The number of hydrogen-bond donors (Lipinski definition) is 0. The van der Waals surface area contributed by atoms with Gasteiger partial charge in [-0.25, -0.2) is 0 Å². The zero-order chi connectivity index (χ0) is 17.8. The summed E-state index contributed by atoms with van der Waals surface area (Å²) in [4.78, 5) is 0. The molecule has 5 nitrogen and oxygen atoms in total. The van der Waals surface area contributed by atoms with Gasteiger partial charge in [-0.1, -0.05) is 23.2 Å². The molecule has 1 aromatic heterocycles. The molecule has 0 N–H and O–H groups in total. The van der Waals surface area contributed by atoms with Gasteiger partial charge in [-0.2, -0.15) is 0 Å². The highest BCUT2D eigenvalue weighted by Gasteiger charge is 2.12. The molecular formula is C18H14Cl2N2O3. The molecule has 1 heterocycles. The zero-order valence-corrected chi connectivity index (χ0v) is 15.0. The van der Waals surface area contributed by atoms with Gasteiger partial charge in [0.25, 0.3) is 5.89 Å². The van der Waals surface area contributed by atoms with Crippen LogP contribution >= 0.6 is 23.2 Å². The summed E-state index contributed by atoms with van der Waals surface area (Å²) in [5.74, 6) is 1.89. The molecule has 0 spiro atoms. The van der Waals surface area contributed by atoms with Gasteiger partial charge >= 0.3 is 0 Å². The van der Waals surface area contributed by atoms with Crippen LogP contribution in [0.15, 0.2) is 46.9 Å². The Labute approximate surface area is 154 Å². The molecule has 0 radical (unpaired) electrons. The van der Waals surface area contributed by atoms with Gasteiger partial charge in [0, 0.05) is 16.7 Å². The fraction of sp³-hybridized carbons (Fsp3) is 0.111. The molecule has 0 saturated carbocycles. The van der Waals surface area contributed by atoms with Crippen molar-refractivity contribution < 1.29 is 13.9 Å². The average molecular weight is 377 g/mol. The van der Waals surface area contributed by atoms with E-state index < -0.39 is 0 Å². The Morgan fingerprint density at radius 3 is 2.24 bits per heavy atom. The van der Waals surface area contributed by atoms with E-state index in [4.69, 9.17) is 37.1 Å². The van der Waals surface area contributed by atoms with Crippen molar-refractivity contribution in [3.8, 4) is 23.0 Å². The first-order valence-electron chi connectivity index (χ1n) is 7.29. The lowest BCUT2D eigenvalue weighted by molar-refractivity contribution is 0.394. The van der Waals surface area contributed by atoms with E-state index in [0.29, 0.717) is 27.4 Å². The first-order chi connectivity index (χ1) is 12.1. The van der Waals surface area contributed by atoms with Gasteiger partial charge in [-0.15, -0.1) is 10.2 Å². The van der Waals surface area contributed by atoms with Crippen molar-refractivity contribution in [2.45, 2.75) is 0 Å². The maximum absolute atomic E-state index is 6.32. The first-order valence-corrected chi connectivity index (χ1v) is 8.04. The van der Waals surface area contributed by atoms with Crippen LogP contribution in [0.2, 0.25) is 5.02 Å². The van der Waals surface area contributed by atoms with Gasteiger partial charge < -0.3 is 13.9 Å². The Hall–Kier alpha value is -2.50. The molecule has 2 aromatic carbocycles. The SMILES string of the molecule is COc1cc(/C=C(\Cl)c2nnc(-c3ccc(Cl)cc3)o2)cc(OC)c1. The fourth-order valence-corrected chi connectivity index (χ4v) is 2.48. The number of nitrogens with zero attached hydrogens (tertiary/aromatic N) is 2. The van der Waals surface area contributed by atoms with Crippen LogP contribution < -0.4 is 9.47 Å². The standard InChI is InChI=1S/C18H14Cl2N2O3/c1-23-14-7-11(8-15(10-14)24-2)9-16(20)18-22-21-17(25-18)12-3-5-13(19)6-4-12/h3-10H,1-2H3/b16-9-. The molecular weight excluding hydrogens is 363 g/mol. The van der Waals surface area contributed by atoms with Crippen LogP contribution in [0.1, 0.15) is 11.5 Å². The summed E-state index contributed by atoms with van der Waals surface area (Å²) >= 11 is 12.2. The van der Waals surface area contributed by atoms with Gasteiger partial charge in [0.2, 0.25) is 5.89 Å². The topological polar surface area (TPSA) is 57.4 Å². The molecule has 0 saturated heterocycles. The van der Waals surface area contributed by atoms with Crippen LogP contribution in [0, 0.1) is 0 Å². The molecule has 3 rings (SSSR count). The second-order valence-corrected chi connectivity index (χ2v) is 5.90. The number of halogens is 2. The zero-order valence-electron chi connectivity index (χ0n) is 13.5. The van der Waals surface area contributed by atoms with Crippen molar-refractivity contribution >= 4 is 34.3 Å². The van der Waals surface area contributed by atoms with E-state index in [1.807, 2.05) is 12.1 Å². The van der Waals surface area contributed by atoms with Crippen LogP contribution in [0.5, 0.6) is 11.5 Å². The Balaban J connectivity index is 1.89. The molecule has 25 heavy (non-hydrogen) atoms. The normalized spacial score (nSPS) is 11.4. The van der Waals surface area contributed by atoms with Gasteiger partial charge in [0.15, 0.2) is 0 Å². The maximum atomic E-state index is 6.32. The molecule has 0 amide bonds. The molecule has 0 unspecified atom stereocenters. The van der Waals surface area contributed by atoms with Crippen molar-refractivity contribution in [1.82, 2.24) is 10.2 Å². The lowest BCUT2D eigenvalue weighted by Crippen LogP contribution is -1.88. The van der Waals surface area contributed by atoms with Gasteiger partial charge in [-0.3, -0.25) is 0 Å². The minimum Gasteiger partial charge on any atom is -0.497 e. The number of methoxy groups -OCH3 is 2. The van der Waals surface area contributed by atoms with Crippen LogP contribution in [0.3, 0.4) is 0 Å². The first kappa shape index (κ1) is 17.3. The van der Waals surface area contributed by atoms with E-state index in [1.165, 1.54) is 0 Å². The maximum Gasteiger partial charge on any atom is 0.259 e. The highest BCUT2D eigenvalue weighted by Crippen LogP contribution is 2.29.